The Bertz CT molecular complexity index is 400. The number of halogens is 1. The van der Waals surface area contributed by atoms with Gasteiger partial charge in [0, 0.05) is 42.3 Å². The van der Waals surface area contributed by atoms with Gasteiger partial charge in [-0.05, 0) is 24.3 Å². The lowest BCUT2D eigenvalue weighted by atomic mass is 10.3. The Morgan fingerprint density at radius 2 is 2.05 bits per heavy atom. The van der Waals surface area contributed by atoms with Gasteiger partial charge in [0.1, 0.15) is 0 Å². The van der Waals surface area contributed by atoms with Crippen molar-refractivity contribution in [1.29, 1.82) is 0 Å². The number of benzene rings is 1. The Balaban J connectivity index is 2.34. The minimum atomic E-state index is -0.0280. The molecule has 1 rings (SSSR count). The molecule has 0 aromatic heterocycles. The number of aliphatic hydroxyl groups excluding tert-OH is 1. The van der Waals surface area contributed by atoms with Gasteiger partial charge in [0.15, 0.2) is 0 Å². The van der Waals surface area contributed by atoms with Crippen LogP contribution in [0.4, 0.5) is 0 Å². The maximum Gasteiger partial charge on any atom is 0.223 e. The molecule has 1 N–H and O–H groups in total. The maximum absolute atomic E-state index is 12.0. The van der Waals surface area contributed by atoms with Gasteiger partial charge < -0.3 is 14.7 Å². The van der Waals surface area contributed by atoms with E-state index in [-0.39, 0.29) is 12.5 Å². The minimum absolute atomic E-state index is 0.0280. The molecular weight excluding hydrogens is 298 g/mol. The summed E-state index contributed by atoms with van der Waals surface area (Å²) in [5.41, 5.74) is 0. The topological polar surface area (TPSA) is 49.8 Å². The number of carbonyl (C=O) groups is 1. The monoisotopic (exact) mass is 317 g/mol. The van der Waals surface area contributed by atoms with Gasteiger partial charge in [0.05, 0.1) is 13.2 Å². The van der Waals surface area contributed by atoms with Gasteiger partial charge in [0.2, 0.25) is 5.91 Å². The van der Waals surface area contributed by atoms with Crippen LogP contribution >= 0.6 is 23.4 Å². The van der Waals surface area contributed by atoms with Crippen molar-refractivity contribution in [1.82, 2.24) is 4.90 Å². The van der Waals surface area contributed by atoms with Crippen LogP contribution in [0.25, 0.3) is 0 Å². The first kappa shape index (κ1) is 17.3. The predicted octanol–water partition coefficient (Wildman–Crippen LogP) is 2.29. The second-order valence-corrected chi connectivity index (χ2v) is 5.75. The van der Waals surface area contributed by atoms with E-state index in [1.54, 1.807) is 23.8 Å². The fraction of sp³-hybridized carbons (Fsp3) is 0.500. The summed E-state index contributed by atoms with van der Waals surface area (Å²) in [6.45, 7) is 1.32. The molecule has 0 saturated carbocycles. The molecule has 0 aliphatic carbocycles. The number of methoxy groups -OCH3 is 1. The minimum Gasteiger partial charge on any atom is -0.395 e. The first-order valence-corrected chi connectivity index (χ1v) is 7.79. The molecule has 4 nitrogen and oxygen atoms in total. The van der Waals surface area contributed by atoms with E-state index in [0.29, 0.717) is 36.9 Å². The van der Waals surface area contributed by atoms with E-state index in [0.717, 1.165) is 4.90 Å². The largest absolute Gasteiger partial charge is 0.395 e. The number of hydrogen-bond donors (Lipinski definition) is 1. The molecule has 1 aromatic rings. The van der Waals surface area contributed by atoms with Crippen molar-refractivity contribution in [2.24, 2.45) is 0 Å². The fourth-order valence-electron chi connectivity index (χ4n) is 1.63. The van der Waals surface area contributed by atoms with Crippen molar-refractivity contribution in [2.75, 3.05) is 39.2 Å². The number of thioether (sulfide) groups is 1. The Kier molecular flexibility index (Phi) is 8.69. The van der Waals surface area contributed by atoms with E-state index in [4.69, 9.17) is 21.4 Å². The van der Waals surface area contributed by atoms with Crippen LogP contribution in [0, 0.1) is 0 Å². The molecule has 0 saturated heterocycles. The molecule has 6 heteroatoms. The van der Waals surface area contributed by atoms with Crippen molar-refractivity contribution >= 4 is 29.3 Å². The van der Waals surface area contributed by atoms with Crippen molar-refractivity contribution in [3.8, 4) is 0 Å². The number of rotatable bonds is 9. The van der Waals surface area contributed by atoms with Gasteiger partial charge in [-0.25, -0.2) is 0 Å². The Hall–Kier alpha value is -0.750. The van der Waals surface area contributed by atoms with Gasteiger partial charge in [-0.1, -0.05) is 11.6 Å². The quantitative estimate of drug-likeness (QED) is 0.710. The highest BCUT2D eigenvalue weighted by atomic mass is 35.5. The second-order valence-electron chi connectivity index (χ2n) is 4.15. The summed E-state index contributed by atoms with van der Waals surface area (Å²) < 4.78 is 4.96. The number of ether oxygens (including phenoxy) is 1. The molecule has 1 amide bonds. The Labute approximate surface area is 129 Å². The molecule has 0 bridgehead atoms. The van der Waals surface area contributed by atoms with Crippen LogP contribution < -0.4 is 0 Å². The maximum atomic E-state index is 12.0. The summed E-state index contributed by atoms with van der Waals surface area (Å²) in [5.74, 6) is 0.743. The zero-order valence-electron chi connectivity index (χ0n) is 11.5. The smallest absolute Gasteiger partial charge is 0.223 e. The van der Waals surface area contributed by atoms with Gasteiger partial charge in [-0.2, -0.15) is 0 Å². The molecule has 112 valence electrons. The van der Waals surface area contributed by atoms with E-state index >= 15 is 0 Å². The molecule has 0 radical (unpaired) electrons. The molecule has 0 aliphatic rings. The second kappa shape index (κ2) is 10.0. The van der Waals surface area contributed by atoms with Crippen LogP contribution in [-0.4, -0.2) is 55.1 Å². The first-order valence-electron chi connectivity index (χ1n) is 6.43. The molecule has 20 heavy (non-hydrogen) atoms. The van der Waals surface area contributed by atoms with Crippen LogP contribution in [0.3, 0.4) is 0 Å². The standard InChI is InChI=1S/C14H20ClNO3S/c1-19-10-8-16(7-9-17)14(18)6-11-20-13-4-2-12(15)3-5-13/h2-5,17H,6-11H2,1H3. The lowest BCUT2D eigenvalue weighted by Gasteiger charge is -2.21. The third kappa shape index (κ3) is 6.61. The van der Waals surface area contributed by atoms with Gasteiger partial charge in [-0.3, -0.25) is 4.79 Å². The number of amides is 1. The fourth-order valence-corrected chi connectivity index (χ4v) is 2.60. The predicted molar refractivity (Wildman–Crippen MR) is 82.3 cm³/mol. The molecule has 0 fully saturated rings. The van der Waals surface area contributed by atoms with Gasteiger partial charge >= 0.3 is 0 Å². The zero-order valence-corrected chi connectivity index (χ0v) is 13.1. The number of carbonyl (C=O) groups excluding carboxylic acids is 1. The number of nitrogens with zero attached hydrogens (tertiary/aromatic N) is 1. The van der Waals surface area contributed by atoms with E-state index < -0.39 is 0 Å². The van der Waals surface area contributed by atoms with E-state index in [2.05, 4.69) is 0 Å². The lowest BCUT2D eigenvalue weighted by Crippen LogP contribution is -2.36. The molecule has 0 atom stereocenters. The molecule has 0 spiro atoms. The summed E-state index contributed by atoms with van der Waals surface area (Å²) in [7, 11) is 1.60. The van der Waals surface area contributed by atoms with Crippen molar-refractivity contribution in [3.05, 3.63) is 29.3 Å². The Morgan fingerprint density at radius 1 is 1.35 bits per heavy atom. The third-order valence-corrected chi connectivity index (χ3v) is 3.95. The van der Waals surface area contributed by atoms with Gasteiger partial charge in [-0.15, -0.1) is 11.8 Å². The molecule has 0 aliphatic heterocycles. The highest BCUT2D eigenvalue weighted by Crippen LogP contribution is 2.21. The van der Waals surface area contributed by atoms with E-state index in [1.165, 1.54) is 0 Å². The highest BCUT2D eigenvalue weighted by Gasteiger charge is 2.12. The van der Waals surface area contributed by atoms with Crippen LogP contribution in [0.1, 0.15) is 6.42 Å². The summed E-state index contributed by atoms with van der Waals surface area (Å²) >= 11 is 7.43. The van der Waals surface area contributed by atoms with Crippen molar-refractivity contribution in [3.63, 3.8) is 0 Å². The van der Waals surface area contributed by atoms with Gasteiger partial charge in [0.25, 0.3) is 0 Å². The van der Waals surface area contributed by atoms with Crippen LogP contribution in [-0.2, 0) is 9.53 Å². The molecule has 0 heterocycles. The molecule has 1 aromatic carbocycles. The summed E-state index contributed by atoms with van der Waals surface area (Å²) in [6.07, 6.45) is 0.441. The summed E-state index contributed by atoms with van der Waals surface area (Å²) in [4.78, 5) is 14.7. The third-order valence-electron chi connectivity index (χ3n) is 2.69. The van der Waals surface area contributed by atoms with Crippen molar-refractivity contribution in [2.45, 2.75) is 11.3 Å². The first-order chi connectivity index (χ1) is 9.67. The Morgan fingerprint density at radius 3 is 2.65 bits per heavy atom. The SMILES string of the molecule is COCCN(CCO)C(=O)CCSc1ccc(Cl)cc1. The molecule has 0 unspecified atom stereocenters. The van der Waals surface area contributed by atoms with E-state index in [1.807, 2.05) is 24.3 Å². The van der Waals surface area contributed by atoms with E-state index in [9.17, 15) is 4.79 Å². The summed E-state index contributed by atoms with van der Waals surface area (Å²) in [6, 6.07) is 7.55. The average Bonchev–Trinajstić information content (AvgIpc) is 2.45. The van der Waals surface area contributed by atoms with Crippen molar-refractivity contribution < 1.29 is 14.6 Å². The van der Waals surface area contributed by atoms with Crippen LogP contribution in [0.15, 0.2) is 29.2 Å². The number of aliphatic hydroxyl groups is 1. The molecular formula is C14H20ClNO3S. The normalized spacial score (nSPS) is 10.6. The van der Waals surface area contributed by atoms with Crippen LogP contribution in [0.5, 0.6) is 0 Å². The van der Waals surface area contributed by atoms with Crippen LogP contribution in [0.2, 0.25) is 5.02 Å². The lowest BCUT2D eigenvalue weighted by molar-refractivity contribution is -0.131. The highest BCUT2D eigenvalue weighted by molar-refractivity contribution is 7.99. The average molecular weight is 318 g/mol. The summed E-state index contributed by atoms with van der Waals surface area (Å²) in [5, 5.41) is 9.67. The number of hydrogen-bond acceptors (Lipinski definition) is 4. The zero-order chi connectivity index (χ0) is 14.8.